The van der Waals surface area contributed by atoms with E-state index in [1.807, 2.05) is 24.4 Å². The lowest BCUT2D eigenvalue weighted by atomic mass is 9.98. The normalized spacial score (nSPS) is 13.8. The monoisotopic (exact) mass is 301 g/mol. The number of carbonyl (C=O) groups is 1. The molecule has 1 aromatic heterocycles. The fourth-order valence-corrected chi connectivity index (χ4v) is 3.30. The summed E-state index contributed by atoms with van der Waals surface area (Å²) < 4.78 is 0. The minimum absolute atomic E-state index is 0.00310. The highest BCUT2D eigenvalue weighted by atomic mass is 32.1. The molecule has 0 radical (unpaired) electrons. The number of aryl methyl sites for hydroxylation is 1. The molecule has 0 saturated carbocycles. The van der Waals surface area contributed by atoms with Crippen molar-refractivity contribution in [2.75, 3.05) is 13.1 Å². The standard InChI is InChI=1S/C16H19N3OS/c1-11-10-21-15(19-11)5-7-18-16(20)13-3-2-12-4-6-17-9-14(12)8-13/h2-3,8,10,17H,4-7,9H2,1H3,(H,18,20). The molecule has 5 heteroatoms. The third-order valence-corrected chi connectivity index (χ3v) is 4.67. The summed E-state index contributed by atoms with van der Waals surface area (Å²) in [5.41, 5.74) is 4.38. The van der Waals surface area contributed by atoms with E-state index in [1.165, 1.54) is 11.1 Å². The van der Waals surface area contributed by atoms with Gasteiger partial charge in [-0.25, -0.2) is 4.98 Å². The number of fused-ring (bicyclic) bond motifs is 1. The Morgan fingerprint density at radius 3 is 3.14 bits per heavy atom. The molecule has 1 aromatic carbocycles. The highest BCUT2D eigenvalue weighted by Crippen LogP contribution is 2.16. The van der Waals surface area contributed by atoms with Gasteiger partial charge in [-0.3, -0.25) is 4.79 Å². The molecule has 0 fully saturated rings. The van der Waals surface area contributed by atoms with Gasteiger partial charge in [0.25, 0.3) is 5.91 Å². The van der Waals surface area contributed by atoms with Crippen molar-refractivity contribution in [2.45, 2.75) is 26.3 Å². The van der Waals surface area contributed by atoms with Crippen LogP contribution in [0.4, 0.5) is 0 Å². The van der Waals surface area contributed by atoms with Gasteiger partial charge in [-0.15, -0.1) is 11.3 Å². The lowest BCUT2D eigenvalue weighted by Crippen LogP contribution is -2.27. The van der Waals surface area contributed by atoms with Crippen molar-refractivity contribution in [1.82, 2.24) is 15.6 Å². The quantitative estimate of drug-likeness (QED) is 0.909. The summed E-state index contributed by atoms with van der Waals surface area (Å²) in [6, 6.07) is 6.01. The number of hydrogen-bond acceptors (Lipinski definition) is 4. The van der Waals surface area contributed by atoms with Gasteiger partial charge in [0.05, 0.1) is 5.01 Å². The Balaban J connectivity index is 1.57. The summed E-state index contributed by atoms with van der Waals surface area (Å²) in [6.07, 6.45) is 1.83. The predicted octanol–water partition coefficient (Wildman–Crippen LogP) is 2.07. The summed E-state index contributed by atoms with van der Waals surface area (Å²) in [7, 11) is 0. The predicted molar refractivity (Wildman–Crippen MR) is 84.7 cm³/mol. The van der Waals surface area contributed by atoms with E-state index in [9.17, 15) is 4.79 Å². The number of amides is 1. The van der Waals surface area contributed by atoms with E-state index in [4.69, 9.17) is 0 Å². The Kier molecular flexibility index (Phi) is 4.31. The van der Waals surface area contributed by atoms with Gasteiger partial charge in [-0.2, -0.15) is 0 Å². The molecule has 1 aliphatic heterocycles. The first-order valence-corrected chi connectivity index (χ1v) is 8.12. The number of nitrogens with zero attached hydrogens (tertiary/aromatic N) is 1. The number of benzene rings is 1. The van der Waals surface area contributed by atoms with E-state index in [2.05, 4.69) is 21.7 Å². The Bertz CT molecular complexity index is 651. The van der Waals surface area contributed by atoms with E-state index in [0.717, 1.165) is 42.2 Å². The molecule has 0 saturated heterocycles. The third-order valence-electron chi connectivity index (χ3n) is 3.65. The van der Waals surface area contributed by atoms with E-state index in [0.29, 0.717) is 6.54 Å². The molecular weight excluding hydrogens is 282 g/mol. The Hall–Kier alpha value is -1.72. The van der Waals surface area contributed by atoms with Crippen molar-refractivity contribution in [3.8, 4) is 0 Å². The van der Waals surface area contributed by atoms with E-state index in [-0.39, 0.29) is 5.91 Å². The molecule has 2 N–H and O–H groups in total. The van der Waals surface area contributed by atoms with Crippen LogP contribution >= 0.6 is 11.3 Å². The van der Waals surface area contributed by atoms with Crippen LogP contribution in [-0.2, 0) is 19.4 Å². The molecular formula is C16H19N3OS. The van der Waals surface area contributed by atoms with E-state index >= 15 is 0 Å². The second kappa shape index (κ2) is 6.37. The number of thiazole rings is 1. The van der Waals surface area contributed by atoms with Gasteiger partial charge in [-0.05, 0) is 43.1 Å². The molecule has 1 amide bonds. The largest absolute Gasteiger partial charge is 0.352 e. The minimum atomic E-state index is -0.00310. The second-order valence-electron chi connectivity index (χ2n) is 5.30. The second-order valence-corrected chi connectivity index (χ2v) is 6.24. The van der Waals surface area contributed by atoms with Gasteiger partial charge in [-0.1, -0.05) is 6.07 Å². The summed E-state index contributed by atoms with van der Waals surface area (Å²) in [5.74, 6) is -0.00310. The fourth-order valence-electron chi connectivity index (χ4n) is 2.52. The molecule has 2 heterocycles. The lowest BCUT2D eigenvalue weighted by molar-refractivity contribution is 0.0954. The average Bonchev–Trinajstić information content (AvgIpc) is 2.92. The summed E-state index contributed by atoms with van der Waals surface area (Å²) in [6.45, 7) is 4.49. The topological polar surface area (TPSA) is 54.0 Å². The van der Waals surface area contributed by atoms with Gasteiger partial charge in [0.1, 0.15) is 0 Å². The van der Waals surface area contributed by atoms with Crippen LogP contribution in [0.3, 0.4) is 0 Å². The molecule has 21 heavy (non-hydrogen) atoms. The van der Waals surface area contributed by atoms with Crippen molar-refractivity contribution < 1.29 is 4.79 Å². The van der Waals surface area contributed by atoms with Crippen molar-refractivity contribution in [2.24, 2.45) is 0 Å². The molecule has 3 rings (SSSR count). The van der Waals surface area contributed by atoms with Crippen LogP contribution in [0.15, 0.2) is 23.6 Å². The minimum Gasteiger partial charge on any atom is -0.352 e. The van der Waals surface area contributed by atoms with Crippen LogP contribution in [0.2, 0.25) is 0 Å². The highest BCUT2D eigenvalue weighted by molar-refractivity contribution is 7.09. The number of nitrogens with one attached hydrogen (secondary N) is 2. The molecule has 0 atom stereocenters. The van der Waals surface area contributed by atoms with Crippen LogP contribution in [-0.4, -0.2) is 24.0 Å². The first-order valence-electron chi connectivity index (χ1n) is 7.24. The number of hydrogen-bond donors (Lipinski definition) is 2. The van der Waals surface area contributed by atoms with Crippen LogP contribution in [0.1, 0.15) is 32.2 Å². The maximum Gasteiger partial charge on any atom is 0.251 e. The van der Waals surface area contributed by atoms with Gasteiger partial charge >= 0.3 is 0 Å². The summed E-state index contributed by atoms with van der Waals surface area (Å²) in [5, 5.41) is 9.41. The number of rotatable bonds is 4. The molecule has 0 bridgehead atoms. The number of carbonyl (C=O) groups excluding carboxylic acids is 1. The molecule has 0 spiro atoms. The number of aromatic nitrogens is 1. The molecule has 110 valence electrons. The molecule has 2 aromatic rings. The van der Waals surface area contributed by atoms with Gasteiger partial charge in [0.2, 0.25) is 0 Å². The van der Waals surface area contributed by atoms with Crippen molar-refractivity contribution in [3.05, 3.63) is 51.0 Å². The molecule has 4 nitrogen and oxygen atoms in total. The maximum absolute atomic E-state index is 12.2. The molecule has 1 aliphatic rings. The van der Waals surface area contributed by atoms with Crippen molar-refractivity contribution in [3.63, 3.8) is 0 Å². The van der Waals surface area contributed by atoms with Crippen LogP contribution in [0.25, 0.3) is 0 Å². The van der Waals surface area contributed by atoms with E-state index < -0.39 is 0 Å². The Morgan fingerprint density at radius 2 is 2.33 bits per heavy atom. The van der Waals surface area contributed by atoms with Crippen molar-refractivity contribution in [1.29, 1.82) is 0 Å². The maximum atomic E-state index is 12.2. The first-order chi connectivity index (χ1) is 10.2. The Morgan fingerprint density at radius 1 is 1.43 bits per heavy atom. The Labute approximate surface area is 128 Å². The van der Waals surface area contributed by atoms with Gasteiger partial charge in [0, 0.05) is 36.1 Å². The smallest absolute Gasteiger partial charge is 0.251 e. The zero-order chi connectivity index (χ0) is 14.7. The van der Waals surface area contributed by atoms with E-state index in [1.54, 1.807) is 11.3 Å². The molecule has 0 unspecified atom stereocenters. The van der Waals surface area contributed by atoms with Crippen LogP contribution in [0.5, 0.6) is 0 Å². The SMILES string of the molecule is Cc1csc(CCNC(=O)c2ccc3c(c2)CNCC3)n1. The average molecular weight is 301 g/mol. The zero-order valence-electron chi connectivity index (χ0n) is 12.1. The third kappa shape index (κ3) is 3.49. The summed E-state index contributed by atoms with van der Waals surface area (Å²) in [4.78, 5) is 16.6. The lowest BCUT2D eigenvalue weighted by Gasteiger charge is -2.17. The van der Waals surface area contributed by atoms with Crippen molar-refractivity contribution >= 4 is 17.2 Å². The molecule has 0 aliphatic carbocycles. The van der Waals surface area contributed by atoms with Crippen LogP contribution in [0, 0.1) is 6.92 Å². The fraction of sp³-hybridized carbons (Fsp3) is 0.375. The van der Waals surface area contributed by atoms with Crippen LogP contribution < -0.4 is 10.6 Å². The van der Waals surface area contributed by atoms with Gasteiger partial charge in [0.15, 0.2) is 0 Å². The summed E-state index contributed by atoms with van der Waals surface area (Å²) >= 11 is 1.64. The van der Waals surface area contributed by atoms with Gasteiger partial charge < -0.3 is 10.6 Å². The zero-order valence-corrected chi connectivity index (χ0v) is 12.9. The first kappa shape index (κ1) is 14.2. The highest BCUT2D eigenvalue weighted by Gasteiger charge is 2.12.